The molecule has 7 heteroatoms. The Balaban J connectivity index is 1.95. The second kappa shape index (κ2) is 9.10. The lowest BCUT2D eigenvalue weighted by molar-refractivity contribution is -0.128. The molecule has 2 aromatic carbocycles. The Morgan fingerprint density at radius 2 is 1.81 bits per heavy atom. The number of carbonyl (C=O) groups is 1. The maximum absolute atomic E-state index is 13.7. The molecule has 0 atom stereocenters. The van der Waals surface area contributed by atoms with Crippen LogP contribution in [0, 0.1) is 19.7 Å². The minimum atomic E-state index is -3.65. The van der Waals surface area contributed by atoms with Crippen molar-refractivity contribution in [3.8, 4) is 0 Å². The number of sulfonamides is 1. The molecule has 0 fully saturated rings. The van der Waals surface area contributed by atoms with Gasteiger partial charge in [-0.25, -0.2) is 17.5 Å². The summed E-state index contributed by atoms with van der Waals surface area (Å²) in [6, 6.07) is 11.6. The van der Waals surface area contributed by atoms with Gasteiger partial charge in [-0.05, 0) is 43.5 Å². The molecular formula is C20H25FN2O3S. The molecule has 0 aromatic heterocycles. The van der Waals surface area contributed by atoms with Crippen LogP contribution in [0.3, 0.4) is 0 Å². The highest BCUT2D eigenvalue weighted by Crippen LogP contribution is 2.16. The number of nitrogens with one attached hydrogen (secondary N) is 1. The fourth-order valence-corrected chi connectivity index (χ4v) is 4.12. The van der Waals surface area contributed by atoms with Crippen molar-refractivity contribution in [2.45, 2.75) is 32.1 Å². The van der Waals surface area contributed by atoms with Crippen molar-refractivity contribution in [2.75, 3.05) is 19.6 Å². The quantitative estimate of drug-likeness (QED) is 0.751. The van der Waals surface area contributed by atoms with Crippen LogP contribution in [0.1, 0.15) is 23.6 Å². The molecule has 0 saturated heterocycles. The van der Waals surface area contributed by atoms with Gasteiger partial charge < -0.3 is 4.90 Å². The van der Waals surface area contributed by atoms with Gasteiger partial charge in [0.15, 0.2) is 0 Å². The highest BCUT2D eigenvalue weighted by atomic mass is 32.2. The molecule has 2 rings (SSSR count). The van der Waals surface area contributed by atoms with E-state index < -0.39 is 10.0 Å². The maximum Gasteiger partial charge on any atom is 0.240 e. The monoisotopic (exact) mass is 392 g/mol. The van der Waals surface area contributed by atoms with E-state index in [0.29, 0.717) is 24.1 Å². The van der Waals surface area contributed by atoms with Crippen LogP contribution < -0.4 is 4.72 Å². The Hall–Kier alpha value is -2.25. The third-order valence-corrected chi connectivity index (χ3v) is 5.97. The zero-order valence-corrected chi connectivity index (χ0v) is 16.6. The van der Waals surface area contributed by atoms with Gasteiger partial charge in [0.2, 0.25) is 15.9 Å². The molecule has 0 aliphatic heterocycles. The van der Waals surface area contributed by atoms with Crippen LogP contribution in [0.5, 0.6) is 0 Å². The third kappa shape index (κ3) is 5.87. The molecule has 2 aromatic rings. The molecule has 5 nitrogen and oxygen atoms in total. The lowest BCUT2D eigenvalue weighted by Crippen LogP contribution is -2.38. The highest BCUT2D eigenvalue weighted by Gasteiger charge is 2.17. The molecule has 0 aliphatic rings. The minimum Gasteiger partial charge on any atom is -0.341 e. The van der Waals surface area contributed by atoms with Crippen LogP contribution in [0.15, 0.2) is 47.4 Å². The lowest BCUT2D eigenvalue weighted by Gasteiger charge is -2.21. The van der Waals surface area contributed by atoms with Gasteiger partial charge in [-0.15, -0.1) is 0 Å². The van der Waals surface area contributed by atoms with Gasteiger partial charge in [-0.3, -0.25) is 4.79 Å². The van der Waals surface area contributed by atoms with E-state index >= 15 is 0 Å². The number of carbonyl (C=O) groups excluding carboxylic acids is 1. The summed E-state index contributed by atoms with van der Waals surface area (Å²) < 4.78 is 41.2. The van der Waals surface area contributed by atoms with Crippen LogP contribution in [0.4, 0.5) is 4.39 Å². The van der Waals surface area contributed by atoms with Crippen molar-refractivity contribution in [2.24, 2.45) is 0 Å². The Morgan fingerprint density at radius 1 is 1.11 bits per heavy atom. The minimum absolute atomic E-state index is 0.0898. The highest BCUT2D eigenvalue weighted by molar-refractivity contribution is 7.89. The number of hydrogen-bond donors (Lipinski definition) is 1. The standard InChI is InChI=1S/C20H25FN2O3S/c1-15-8-9-20(16(2)14-15)27(25,26)22-11-13-23(17(3)24)12-10-18-6-4-5-7-19(18)21/h4-9,14,22H,10-13H2,1-3H3. The molecule has 0 radical (unpaired) electrons. The summed E-state index contributed by atoms with van der Waals surface area (Å²) in [6.45, 7) is 5.69. The first-order chi connectivity index (χ1) is 12.7. The van der Waals surface area contributed by atoms with Gasteiger partial charge in [0.1, 0.15) is 5.82 Å². The van der Waals surface area contributed by atoms with Gasteiger partial charge in [0.05, 0.1) is 4.90 Å². The Morgan fingerprint density at radius 3 is 2.44 bits per heavy atom. The number of benzene rings is 2. The summed E-state index contributed by atoms with van der Waals surface area (Å²) in [7, 11) is -3.65. The average Bonchev–Trinajstić information content (AvgIpc) is 2.58. The van der Waals surface area contributed by atoms with Crippen LogP contribution >= 0.6 is 0 Å². The summed E-state index contributed by atoms with van der Waals surface area (Å²) in [4.78, 5) is 13.6. The molecule has 1 N–H and O–H groups in total. The van der Waals surface area contributed by atoms with Crippen molar-refractivity contribution in [3.63, 3.8) is 0 Å². The predicted octanol–water partition coefficient (Wildman–Crippen LogP) is 2.81. The van der Waals surface area contributed by atoms with Crippen LogP contribution in [-0.4, -0.2) is 38.9 Å². The van der Waals surface area contributed by atoms with Crippen molar-refractivity contribution >= 4 is 15.9 Å². The molecule has 1 amide bonds. The van der Waals surface area contributed by atoms with Crippen LogP contribution in [-0.2, 0) is 21.2 Å². The number of halogens is 1. The summed E-state index contributed by atoms with van der Waals surface area (Å²) in [5, 5.41) is 0. The number of nitrogens with zero attached hydrogens (tertiary/aromatic N) is 1. The van der Waals surface area contributed by atoms with E-state index in [0.717, 1.165) is 5.56 Å². The number of amides is 1. The lowest BCUT2D eigenvalue weighted by atomic mass is 10.1. The second-order valence-electron chi connectivity index (χ2n) is 6.51. The molecule has 0 heterocycles. The molecule has 0 saturated carbocycles. The molecule has 0 spiro atoms. The van der Waals surface area contributed by atoms with Crippen molar-refractivity contribution in [3.05, 3.63) is 65.0 Å². The summed E-state index contributed by atoms with van der Waals surface area (Å²) in [6.07, 6.45) is 0.371. The topological polar surface area (TPSA) is 66.5 Å². The smallest absolute Gasteiger partial charge is 0.240 e. The fourth-order valence-electron chi connectivity index (χ4n) is 2.88. The molecule has 0 unspecified atom stereocenters. The molecule has 0 bridgehead atoms. The van der Waals surface area contributed by atoms with Gasteiger partial charge in [-0.1, -0.05) is 35.9 Å². The number of aryl methyl sites for hydroxylation is 2. The first-order valence-electron chi connectivity index (χ1n) is 8.76. The third-order valence-electron chi connectivity index (χ3n) is 4.35. The normalized spacial score (nSPS) is 11.4. The second-order valence-corrected chi connectivity index (χ2v) is 8.25. The van der Waals surface area contributed by atoms with Gasteiger partial charge in [-0.2, -0.15) is 0 Å². The van der Waals surface area contributed by atoms with E-state index in [1.165, 1.54) is 17.9 Å². The molecule has 146 valence electrons. The molecular weight excluding hydrogens is 367 g/mol. The SMILES string of the molecule is CC(=O)N(CCNS(=O)(=O)c1ccc(C)cc1C)CCc1ccccc1F. The summed E-state index contributed by atoms with van der Waals surface area (Å²) in [5.74, 6) is -0.492. The summed E-state index contributed by atoms with van der Waals surface area (Å²) >= 11 is 0. The fraction of sp³-hybridized carbons (Fsp3) is 0.350. The maximum atomic E-state index is 13.7. The van der Waals surface area contributed by atoms with E-state index in [-0.39, 0.29) is 29.7 Å². The van der Waals surface area contributed by atoms with Crippen molar-refractivity contribution < 1.29 is 17.6 Å². The van der Waals surface area contributed by atoms with E-state index in [9.17, 15) is 17.6 Å². The van der Waals surface area contributed by atoms with Crippen molar-refractivity contribution in [1.29, 1.82) is 0 Å². The predicted molar refractivity (Wildman–Crippen MR) is 103 cm³/mol. The first kappa shape index (κ1) is 21.1. The Bertz CT molecular complexity index is 913. The van der Waals surface area contributed by atoms with E-state index in [1.807, 2.05) is 13.0 Å². The Labute approximate surface area is 160 Å². The number of hydrogen-bond acceptors (Lipinski definition) is 3. The van der Waals surface area contributed by atoms with Gasteiger partial charge in [0, 0.05) is 26.6 Å². The zero-order valence-electron chi connectivity index (χ0n) is 15.8. The molecule has 0 aliphatic carbocycles. The number of rotatable bonds is 8. The van der Waals surface area contributed by atoms with Gasteiger partial charge in [0.25, 0.3) is 0 Å². The average molecular weight is 392 g/mol. The Kier molecular flexibility index (Phi) is 7.10. The summed E-state index contributed by atoms with van der Waals surface area (Å²) in [5.41, 5.74) is 2.19. The van der Waals surface area contributed by atoms with Crippen molar-refractivity contribution in [1.82, 2.24) is 9.62 Å². The zero-order chi connectivity index (χ0) is 20.0. The van der Waals surface area contributed by atoms with E-state index in [2.05, 4.69) is 4.72 Å². The molecule has 27 heavy (non-hydrogen) atoms. The largest absolute Gasteiger partial charge is 0.341 e. The van der Waals surface area contributed by atoms with Crippen LogP contribution in [0.25, 0.3) is 0 Å². The van der Waals surface area contributed by atoms with Crippen LogP contribution in [0.2, 0.25) is 0 Å². The first-order valence-corrected chi connectivity index (χ1v) is 10.2. The van der Waals surface area contributed by atoms with E-state index in [4.69, 9.17) is 0 Å². The van der Waals surface area contributed by atoms with E-state index in [1.54, 1.807) is 37.3 Å². The van der Waals surface area contributed by atoms with Gasteiger partial charge >= 0.3 is 0 Å².